The molecular weight excluding hydrogens is 194 g/mol. The molecule has 0 fully saturated rings. The smallest absolute Gasteiger partial charge is 0.0812 e. The number of benzene rings is 1. The molecule has 0 saturated heterocycles. The molecule has 0 aliphatic carbocycles. The van der Waals surface area contributed by atoms with Crippen LogP contribution in [0, 0.1) is 0 Å². The van der Waals surface area contributed by atoms with Gasteiger partial charge in [0.15, 0.2) is 0 Å². The summed E-state index contributed by atoms with van der Waals surface area (Å²) in [6, 6.07) is 8.13. The molecule has 0 N–H and O–H groups in total. The topological polar surface area (TPSA) is 12.9 Å². The summed E-state index contributed by atoms with van der Waals surface area (Å²) in [6.07, 6.45) is 0. The van der Waals surface area contributed by atoms with Crippen molar-refractivity contribution in [3.05, 3.63) is 29.8 Å². The van der Waals surface area contributed by atoms with E-state index in [1.165, 1.54) is 4.70 Å². The van der Waals surface area contributed by atoms with Gasteiger partial charge in [-0.15, -0.1) is 34.7 Å². The number of rotatable bonds is 0. The van der Waals surface area contributed by atoms with Crippen LogP contribution in [0.1, 0.15) is 0 Å². The zero-order valence-corrected chi connectivity index (χ0v) is 8.24. The number of thiazole rings is 1. The summed E-state index contributed by atoms with van der Waals surface area (Å²) >= 11 is 8.12. The van der Waals surface area contributed by atoms with Crippen molar-refractivity contribution >= 4 is 44.9 Å². The highest BCUT2D eigenvalue weighted by Crippen LogP contribution is 2.15. The lowest BCUT2D eigenvalue weighted by molar-refractivity contribution is 1.50. The van der Waals surface area contributed by atoms with Crippen molar-refractivity contribution in [3.63, 3.8) is 0 Å². The molecular formula is C7H7NS3. The number of hydrogen-bond acceptors (Lipinski definition) is 4. The van der Waals surface area contributed by atoms with Crippen molar-refractivity contribution in [2.24, 2.45) is 0 Å². The van der Waals surface area contributed by atoms with Crippen molar-refractivity contribution in [3.8, 4) is 0 Å². The van der Waals surface area contributed by atoms with E-state index in [1.54, 1.807) is 11.3 Å². The molecule has 58 valence electrons. The van der Waals surface area contributed by atoms with Gasteiger partial charge in [-0.25, -0.2) is 4.98 Å². The van der Waals surface area contributed by atoms with Crippen LogP contribution in [0.25, 0.3) is 10.2 Å². The number of para-hydroxylation sites is 1. The molecule has 2 rings (SSSR count). The van der Waals surface area contributed by atoms with Gasteiger partial charge in [0.2, 0.25) is 0 Å². The number of hydrogen-bond donors (Lipinski definition) is 2. The zero-order chi connectivity index (χ0) is 8.10. The number of nitrogens with zero attached hydrogens (tertiary/aromatic N) is 1. The highest BCUT2D eigenvalue weighted by atomic mass is 33.1. The molecule has 1 aromatic carbocycles. The Kier molecular flexibility index (Phi) is 3.76. The Morgan fingerprint density at radius 3 is 2.64 bits per heavy atom. The van der Waals surface area contributed by atoms with E-state index in [-0.39, 0.29) is 0 Å². The number of fused-ring (bicyclic) bond motifs is 1. The van der Waals surface area contributed by atoms with Gasteiger partial charge in [0.1, 0.15) is 0 Å². The molecule has 0 bridgehead atoms. The van der Waals surface area contributed by atoms with E-state index in [0.29, 0.717) is 0 Å². The first kappa shape index (κ1) is 8.90. The zero-order valence-electron chi connectivity index (χ0n) is 5.64. The summed E-state index contributed by atoms with van der Waals surface area (Å²) in [5.74, 6) is 0. The van der Waals surface area contributed by atoms with E-state index in [0.717, 1.165) is 5.52 Å². The molecule has 11 heavy (non-hydrogen) atoms. The third-order valence-corrected chi connectivity index (χ3v) is 2.05. The van der Waals surface area contributed by atoms with Gasteiger partial charge in [-0.05, 0) is 12.1 Å². The molecule has 1 nitrogen and oxygen atoms in total. The van der Waals surface area contributed by atoms with Crippen molar-refractivity contribution in [1.29, 1.82) is 0 Å². The number of aromatic nitrogens is 1. The first-order chi connectivity index (χ1) is 5.47. The molecule has 1 aromatic heterocycles. The maximum Gasteiger partial charge on any atom is 0.0812 e. The Balaban J connectivity index is 0.000000281. The molecule has 4 heteroatoms. The van der Waals surface area contributed by atoms with Crippen molar-refractivity contribution in [2.45, 2.75) is 0 Å². The fourth-order valence-corrected chi connectivity index (χ4v) is 1.48. The van der Waals surface area contributed by atoms with Crippen LogP contribution < -0.4 is 0 Å². The van der Waals surface area contributed by atoms with Crippen molar-refractivity contribution < 1.29 is 0 Å². The highest BCUT2D eigenvalue weighted by molar-refractivity contribution is 8.59. The summed E-state index contributed by atoms with van der Waals surface area (Å²) in [5, 5.41) is 0. The van der Waals surface area contributed by atoms with Gasteiger partial charge >= 0.3 is 0 Å². The first-order valence-corrected chi connectivity index (χ1v) is 5.43. The van der Waals surface area contributed by atoms with Crippen LogP contribution in [0.5, 0.6) is 0 Å². The molecule has 1 heterocycles. The molecule has 0 unspecified atom stereocenters. The quantitative estimate of drug-likeness (QED) is 0.493. The first-order valence-electron chi connectivity index (χ1n) is 2.95. The Morgan fingerprint density at radius 1 is 1.18 bits per heavy atom. The minimum atomic E-state index is 1.10. The Labute approximate surface area is 79.7 Å². The lowest BCUT2D eigenvalue weighted by Crippen LogP contribution is -1.61. The minimum absolute atomic E-state index is 1.10. The second kappa shape index (κ2) is 4.64. The second-order valence-corrected chi connectivity index (χ2v) is 2.71. The summed E-state index contributed by atoms with van der Waals surface area (Å²) in [7, 11) is 0. The summed E-state index contributed by atoms with van der Waals surface area (Å²) < 4.78 is 1.26. The largest absolute Gasteiger partial charge is 0.245 e. The summed E-state index contributed by atoms with van der Waals surface area (Å²) in [5.41, 5.74) is 2.97. The average Bonchev–Trinajstić information content (AvgIpc) is 2.55. The van der Waals surface area contributed by atoms with Crippen LogP contribution in [-0.2, 0) is 0 Å². The highest BCUT2D eigenvalue weighted by Gasteiger charge is 1.89. The van der Waals surface area contributed by atoms with Gasteiger partial charge in [-0.2, -0.15) is 0 Å². The molecule has 2 aromatic rings. The Hall–Kier alpha value is -0.190. The predicted octanol–water partition coefficient (Wildman–Crippen LogP) is 3.06. The lowest BCUT2D eigenvalue weighted by Gasteiger charge is -1.80. The molecule has 0 atom stereocenters. The summed E-state index contributed by atoms with van der Waals surface area (Å²) in [4.78, 5) is 4.14. The Morgan fingerprint density at radius 2 is 1.91 bits per heavy atom. The van der Waals surface area contributed by atoms with E-state index in [9.17, 15) is 0 Å². The Bertz CT molecular complexity index is 288. The monoisotopic (exact) mass is 201 g/mol. The summed E-state index contributed by atoms with van der Waals surface area (Å²) in [6.45, 7) is 0. The fraction of sp³-hybridized carbons (Fsp3) is 0. The third kappa shape index (κ3) is 2.12. The molecule has 0 spiro atoms. The normalized spacial score (nSPS) is 8.91. The van der Waals surface area contributed by atoms with Gasteiger partial charge in [0.25, 0.3) is 0 Å². The van der Waals surface area contributed by atoms with Gasteiger partial charge in [-0.3, -0.25) is 0 Å². The third-order valence-electron chi connectivity index (χ3n) is 1.24. The van der Waals surface area contributed by atoms with Crippen LogP contribution >= 0.6 is 34.7 Å². The van der Waals surface area contributed by atoms with Crippen LogP contribution in [-0.4, -0.2) is 4.98 Å². The van der Waals surface area contributed by atoms with E-state index in [1.807, 2.05) is 23.7 Å². The van der Waals surface area contributed by atoms with E-state index < -0.39 is 0 Å². The fourth-order valence-electron chi connectivity index (χ4n) is 0.803. The van der Waals surface area contributed by atoms with Gasteiger partial charge < -0.3 is 0 Å². The SMILES string of the molecule is SS.c1ccc2scnc2c1. The van der Waals surface area contributed by atoms with Crippen LogP contribution in [0.3, 0.4) is 0 Å². The minimum Gasteiger partial charge on any atom is -0.245 e. The van der Waals surface area contributed by atoms with Crippen LogP contribution in [0.4, 0.5) is 0 Å². The number of thiol groups is 2. The maximum atomic E-state index is 4.14. The molecule has 0 saturated carbocycles. The maximum absolute atomic E-state index is 4.14. The van der Waals surface area contributed by atoms with E-state index in [4.69, 9.17) is 0 Å². The van der Waals surface area contributed by atoms with E-state index >= 15 is 0 Å². The molecule has 0 radical (unpaired) electrons. The standard InChI is InChI=1S/C7H5NS.H2S2/c1-2-4-7-6(3-1)8-5-9-7;1-2/h1-5H;1-2H. The van der Waals surface area contributed by atoms with Crippen molar-refractivity contribution in [1.82, 2.24) is 4.98 Å². The average molecular weight is 201 g/mol. The molecule has 0 aliphatic heterocycles. The van der Waals surface area contributed by atoms with E-state index in [2.05, 4.69) is 34.4 Å². The molecule has 0 aliphatic rings. The lowest BCUT2D eigenvalue weighted by atomic mass is 10.3. The second-order valence-electron chi connectivity index (χ2n) is 1.82. The van der Waals surface area contributed by atoms with Crippen molar-refractivity contribution in [2.75, 3.05) is 0 Å². The predicted molar refractivity (Wildman–Crippen MR) is 57.6 cm³/mol. The van der Waals surface area contributed by atoms with Gasteiger partial charge in [0.05, 0.1) is 15.7 Å². The van der Waals surface area contributed by atoms with Gasteiger partial charge in [-0.1, -0.05) is 12.1 Å². The van der Waals surface area contributed by atoms with Gasteiger partial charge in [0, 0.05) is 0 Å². The van der Waals surface area contributed by atoms with Crippen LogP contribution in [0.2, 0.25) is 0 Å². The van der Waals surface area contributed by atoms with Crippen LogP contribution in [0.15, 0.2) is 29.8 Å². The molecule has 0 amide bonds.